The van der Waals surface area contributed by atoms with Gasteiger partial charge in [-0.1, -0.05) is 0 Å². The lowest BCUT2D eigenvalue weighted by Crippen LogP contribution is -2.29. The average molecular weight is 167 g/mol. The van der Waals surface area contributed by atoms with Crippen molar-refractivity contribution in [3.05, 3.63) is 0 Å². The van der Waals surface area contributed by atoms with Crippen LogP contribution in [0.4, 0.5) is 0 Å². The molecule has 0 aliphatic rings. The van der Waals surface area contributed by atoms with Gasteiger partial charge >= 0.3 is 0 Å². The topological polar surface area (TPSA) is 69.4 Å². The van der Waals surface area contributed by atoms with Crippen LogP contribution in [0.1, 0.15) is 13.8 Å². The maximum Gasteiger partial charge on any atom is 0.213 e. The molecule has 0 bridgehead atoms. The molecule has 0 aliphatic heterocycles. The molecule has 0 aromatic rings. The smallest absolute Gasteiger partial charge is 0.213 e. The summed E-state index contributed by atoms with van der Waals surface area (Å²) in [4.78, 5) is 0. The van der Waals surface area contributed by atoms with E-state index < -0.39 is 15.3 Å². The summed E-state index contributed by atoms with van der Waals surface area (Å²) < 4.78 is 25.9. The molecule has 2 N–H and O–H groups in total. The monoisotopic (exact) mass is 167 g/mol. The SMILES string of the molecule is CCOCC(C)S(N)(=O)=O. The summed E-state index contributed by atoms with van der Waals surface area (Å²) >= 11 is 0. The van der Waals surface area contributed by atoms with Crippen molar-refractivity contribution in [2.45, 2.75) is 19.1 Å². The van der Waals surface area contributed by atoms with Gasteiger partial charge in [0, 0.05) is 6.61 Å². The van der Waals surface area contributed by atoms with Crippen LogP contribution >= 0.6 is 0 Å². The molecule has 0 heterocycles. The summed E-state index contributed by atoms with van der Waals surface area (Å²) in [5.41, 5.74) is 0. The summed E-state index contributed by atoms with van der Waals surface area (Å²) in [6.45, 7) is 4.01. The first-order chi connectivity index (χ1) is 4.48. The Morgan fingerprint density at radius 2 is 2.10 bits per heavy atom. The Hall–Kier alpha value is -0.130. The second kappa shape index (κ2) is 3.90. The molecule has 0 amide bonds. The van der Waals surface area contributed by atoms with E-state index in [1.165, 1.54) is 6.92 Å². The van der Waals surface area contributed by atoms with Crippen LogP contribution in [0.3, 0.4) is 0 Å². The van der Waals surface area contributed by atoms with Crippen LogP contribution in [0.5, 0.6) is 0 Å². The highest BCUT2D eigenvalue weighted by Gasteiger charge is 2.14. The zero-order valence-corrected chi connectivity index (χ0v) is 7.02. The Balaban J connectivity index is 3.75. The van der Waals surface area contributed by atoms with Crippen molar-refractivity contribution in [3.8, 4) is 0 Å². The minimum atomic E-state index is -3.40. The highest BCUT2D eigenvalue weighted by Crippen LogP contribution is 1.94. The fourth-order valence-corrected chi connectivity index (χ4v) is 0.665. The standard InChI is InChI=1S/C5H13NO3S/c1-3-9-4-5(2)10(6,7)8/h5H,3-4H2,1-2H3,(H2,6,7,8). The van der Waals surface area contributed by atoms with Crippen LogP contribution in [0.2, 0.25) is 0 Å². The predicted molar refractivity (Wildman–Crippen MR) is 39.1 cm³/mol. The van der Waals surface area contributed by atoms with E-state index in [9.17, 15) is 8.42 Å². The number of primary sulfonamides is 1. The van der Waals surface area contributed by atoms with Gasteiger partial charge in [0.05, 0.1) is 11.9 Å². The zero-order valence-electron chi connectivity index (χ0n) is 6.20. The van der Waals surface area contributed by atoms with E-state index in [-0.39, 0.29) is 6.61 Å². The molecule has 10 heavy (non-hydrogen) atoms. The molecule has 1 unspecified atom stereocenters. The molecule has 0 saturated carbocycles. The average Bonchev–Trinajstić information content (AvgIpc) is 1.80. The van der Waals surface area contributed by atoms with Gasteiger partial charge in [0.2, 0.25) is 10.0 Å². The fourth-order valence-electron chi connectivity index (χ4n) is 0.379. The number of rotatable bonds is 4. The lowest BCUT2D eigenvalue weighted by molar-refractivity contribution is 0.149. The first kappa shape index (κ1) is 9.87. The number of hydrogen-bond acceptors (Lipinski definition) is 3. The Kier molecular flexibility index (Phi) is 3.85. The van der Waals surface area contributed by atoms with Gasteiger partial charge in [-0.3, -0.25) is 0 Å². The fraction of sp³-hybridized carbons (Fsp3) is 1.00. The van der Waals surface area contributed by atoms with E-state index in [1.807, 2.05) is 0 Å². The second-order valence-electron chi connectivity index (χ2n) is 2.06. The molecule has 62 valence electrons. The molecule has 4 nitrogen and oxygen atoms in total. The molecule has 0 aliphatic carbocycles. The molecule has 1 atom stereocenters. The molecule has 0 aromatic heterocycles. The first-order valence-corrected chi connectivity index (χ1v) is 4.68. The van der Waals surface area contributed by atoms with Crippen LogP contribution in [0, 0.1) is 0 Å². The van der Waals surface area contributed by atoms with Gasteiger partial charge < -0.3 is 4.74 Å². The van der Waals surface area contributed by atoms with Gasteiger partial charge in [-0.25, -0.2) is 13.6 Å². The zero-order chi connectivity index (χ0) is 8.20. The normalized spacial score (nSPS) is 15.1. The van der Waals surface area contributed by atoms with E-state index in [0.717, 1.165) is 0 Å². The third-order valence-electron chi connectivity index (χ3n) is 1.12. The van der Waals surface area contributed by atoms with E-state index >= 15 is 0 Å². The van der Waals surface area contributed by atoms with Crippen LogP contribution in [0.15, 0.2) is 0 Å². The molecule has 0 saturated heterocycles. The maximum absolute atomic E-state index is 10.5. The van der Waals surface area contributed by atoms with Gasteiger partial charge in [-0.05, 0) is 13.8 Å². The molecule has 0 rings (SSSR count). The lowest BCUT2D eigenvalue weighted by atomic mass is 10.5. The molecule has 0 aromatic carbocycles. The summed E-state index contributed by atoms with van der Waals surface area (Å²) in [5, 5.41) is 4.21. The molecular weight excluding hydrogens is 154 g/mol. The third-order valence-corrected chi connectivity index (χ3v) is 2.38. The van der Waals surface area contributed by atoms with Gasteiger partial charge in [-0.15, -0.1) is 0 Å². The third kappa shape index (κ3) is 3.81. The van der Waals surface area contributed by atoms with Crippen molar-refractivity contribution >= 4 is 10.0 Å². The van der Waals surface area contributed by atoms with Crippen LogP contribution in [-0.2, 0) is 14.8 Å². The second-order valence-corrected chi connectivity index (χ2v) is 4.04. The molecular formula is C5H13NO3S. The Morgan fingerprint density at radius 3 is 2.40 bits per heavy atom. The van der Waals surface area contributed by atoms with E-state index in [2.05, 4.69) is 0 Å². The Labute approximate surface area is 61.4 Å². The highest BCUT2D eigenvalue weighted by molar-refractivity contribution is 7.89. The molecule has 0 fully saturated rings. The van der Waals surface area contributed by atoms with Crippen molar-refractivity contribution in [1.29, 1.82) is 0 Å². The lowest BCUT2D eigenvalue weighted by Gasteiger charge is -2.07. The minimum absolute atomic E-state index is 0.176. The first-order valence-electron chi connectivity index (χ1n) is 3.07. The van der Waals surface area contributed by atoms with Crippen LogP contribution in [0.25, 0.3) is 0 Å². The molecule has 0 spiro atoms. The summed E-state index contributed by atoms with van der Waals surface area (Å²) in [6, 6.07) is 0. The predicted octanol–water partition coefficient (Wildman–Crippen LogP) is -0.300. The number of sulfonamides is 1. The Morgan fingerprint density at radius 1 is 1.60 bits per heavy atom. The summed E-state index contributed by atoms with van der Waals surface area (Å²) in [6.07, 6.45) is 0. The van der Waals surface area contributed by atoms with Gasteiger partial charge in [0.25, 0.3) is 0 Å². The van der Waals surface area contributed by atoms with Crippen molar-refractivity contribution in [1.82, 2.24) is 0 Å². The molecule has 0 radical (unpaired) electrons. The van der Waals surface area contributed by atoms with E-state index in [1.54, 1.807) is 6.92 Å². The largest absolute Gasteiger partial charge is 0.380 e. The van der Waals surface area contributed by atoms with Gasteiger partial charge in [-0.2, -0.15) is 0 Å². The quantitative estimate of drug-likeness (QED) is 0.625. The summed E-state index contributed by atoms with van der Waals surface area (Å²) in [5.74, 6) is 0. The number of nitrogens with two attached hydrogens (primary N) is 1. The van der Waals surface area contributed by atoms with E-state index in [4.69, 9.17) is 9.88 Å². The molecule has 5 heteroatoms. The van der Waals surface area contributed by atoms with Crippen LogP contribution in [-0.4, -0.2) is 26.9 Å². The highest BCUT2D eigenvalue weighted by atomic mass is 32.2. The van der Waals surface area contributed by atoms with Gasteiger partial charge in [0.1, 0.15) is 0 Å². The number of ether oxygens (including phenoxy) is 1. The van der Waals surface area contributed by atoms with Gasteiger partial charge in [0.15, 0.2) is 0 Å². The Bertz CT molecular complexity index is 175. The summed E-state index contributed by atoms with van der Waals surface area (Å²) in [7, 11) is -3.40. The van der Waals surface area contributed by atoms with E-state index in [0.29, 0.717) is 6.61 Å². The minimum Gasteiger partial charge on any atom is -0.380 e. The maximum atomic E-state index is 10.5. The van der Waals surface area contributed by atoms with Crippen LogP contribution < -0.4 is 5.14 Å². The van der Waals surface area contributed by atoms with Crippen molar-refractivity contribution < 1.29 is 13.2 Å². The van der Waals surface area contributed by atoms with Crippen molar-refractivity contribution in [3.63, 3.8) is 0 Å². The number of hydrogen-bond donors (Lipinski definition) is 1. The van der Waals surface area contributed by atoms with Crippen molar-refractivity contribution in [2.75, 3.05) is 13.2 Å². The van der Waals surface area contributed by atoms with Crippen molar-refractivity contribution in [2.24, 2.45) is 5.14 Å².